The first kappa shape index (κ1) is 15.7. The molecule has 110 valence electrons. The number of aromatic amines is 1. The van der Waals surface area contributed by atoms with Gasteiger partial charge in [0, 0.05) is 39.7 Å². The molecule has 3 N–H and O–H groups in total. The van der Waals surface area contributed by atoms with Crippen molar-refractivity contribution < 1.29 is 8.42 Å². The molecule has 2 rings (SSSR count). The Labute approximate surface area is 131 Å². The van der Waals surface area contributed by atoms with Gasteiger partial charge in [-0.05, 0) is 34.6 Å². The number of hydrogen-bond donors (Lipinski definition) is 3. The molecular formula is C12H16BrN3O2S2. The lowest BCUT2D eigenvalue weighted by molar-refractivity contribution is 0.582. The first-order valence-electron chi connectivity index (χ1n) is 6.12. The van der Waals surface area contributed by atoms with Gasteiger partial charge in [0.2, 0.25) is 10.0 Å². The molecule has 0 unspecified atom stereocenters. The van der Waals surface area contributed by atoms with E-state index in [-0.39, 0.29) is 4.90 Å². The maximum Gasteiger partial charge on any atom is 0.242 e. The van der Waals surface area contributed by atoms with E-state index in [2.05, 4.69) is 31.0 Å². The van der Waals surface area contributed by atoms with Crippen LogP contribution in [0.25, 0.3) is 0 Å². The third-order valence-electron chi connectivity index (χ3n) is 2.65. The van der Waals surface area contributed by atoms with E-state index < -0.39 is 10.0 Å². The normalized spacial score (nSPS) is 11.9. The molecule has 0 aliphatic rings. The zero-order valence-corrected chi connectivity index (χ0v) is 14.2. The molecule has 0 aliphatic carbocycles. The molecule has 0 fully saturated rings. The summed E-state index contributed by atoms with van der Waals surface area (Å²) in [6.07, 6.45) is 1.51. The van der Waals surface area contributed by atoms with Crippen LogP contribution in [0.4, 0.5) is 0 Å². The highest BCUT2D eigenvalue weighted by Crippen LogP contribution is 2.20. The SMILES string of the molecule is CCNCc1cc(S(=O)(=O)NCc2cc(Br)cs2)c[nH]1. The Hall–Kier alpha value is -0.670. The Balaban J connectivity index is 2.00. The van der Waals surface area contributed by atoms with Crippen LogP contribution in [-0.2, 0) is 23.1 Å². The molecule has 0 saturated heterocycles. The monoisotopic (exact) mass is 377 g/mol. The molecule has 0 radical (unpaired) electrons. The van der Waals surface area contributed by atoms with Gasteiger partial charge in [0.1, 0.15) is 0 Å². The lowest BCUT2D eigenvalue weighted by Gasteiger charge is -2.02. The lowest BCUT2D eigenvalue weighted by Crippen LogP contribution is -2.22. The largest absolute Gasteiger partial charge is 0.363 e. The number of aromatic nitrogens is 1. The summed E-state index contributed by atoms with van der Waals surface area (Å²) in [6, 6.07) is 3.55. The first-order valence-corrected chi connectivity index (χ1v) is 9.27. The molecule has 0 aliphatic heterocycles. The van der Waals surface area contributed by atoms with Gasteiger partial charge >= 0.3 is 0 Å². The van der Waals surface area contributed by atoms with E-state index >= 15 is 0 Å². The smallest absolute Gasteiger partial charge is 0.242 e. The summed E-state index contributed by atoms with van der Waals surface area (Å²) in [7, 11) is -3.47. The second kappa shape index (κ2) is 6.86. The van der Waals surface area contributed by atoms with E-state index in [0.29, 0.717) is 13.1 Å². The minimum absolute atomic E-state index is 0.265. The molecule has 20 heavy (non-hydrogen) atoms. The Morgan fingerprint density at radius 2 is 2.15 bits per heavy atom. The van der Waals surface area contributed by atoms with E-state index in [9.17, 15) is 8.42 Å². The number of sulfonamides is 1. The van der Waals surface area contributed by atoms with Crippen LogP contribution < -0.4 is 10.0 Å². The predicted octanol–water partition coefficient (Wildman–Crippen LogP) is 2.43. The molecule has 0 bridgehead atoms. The minimum atomic E-state index is -3.47. The molecule has 0 aromatic carbocycles. The first-order chi connectivity index (χ1) is 9.51. The van der Waals surface area contributed by atoms with Crippen LogP contribution in [-0.4, -0.2) is 19.9 Å². The Morgan fingerprint density at radius 3 is 2.80 bits per heavy atom. The molecule has 2 aromatic rings. The average molecular weight is 378 g/mol. The highest BCUT2D eigenvalue weighted by atomic mass is 79.9. The highest BCUT2D eigenvalue weighted by molar-refractivity contribution is 9.10. The summed E-state index contributed by atoms with van der Waals surface area (Å²) >= 11 is 4.86. The summed E-state index contributed by atoms with van der Waals surface area (Å²) in [5.74, 6) is 0. The van der Waals surface area contributed by atoms with Crippen molar-refractivity contribution in [2.75, 3.05) is 6.54 Å². The summed E-state index contributed by atoms with van der Waals surface area (Å²) in [6.45, 7) is 3.77. The summed E-state index contributed by atoms with van der Waals surface area (Å²) in [5, 5.41) is 5.06. The van der Waals surface area contributed by atoms with Crippen molar-refractivity contribution in [3.05, 3.63) is 38.8 Å². The topological polar surface area (TPSA) is 74.0 Å². The Morgan fingerprint density at radius 1 is 1.35 bits per heavy atom. The Bertz CT molecular complexity index is 664. The van der Waals surface area contributed by atoms with E-state index in [1.54, 1.807) is 6.07 Å². The van der Waals surface area contributed by atoms with Gasteiger partial charge in [-0.25, -0.2) is 13.1 Å². The van der Waals surface area contributed by atoms with Gasteiger partial charge in [-0.1, -0.05) is 6.92 Å². The van der Waals surface area contributed by atoms with Crippen LogP contribution in [0, 0.1) is 0 Å². The Kier molecular flexibility index (Phi) is 5.39. The van der Waals surface area contributed by atoms with Crippen LogP contribution in [0.3, 0.4) is 0 Å². The maximum absolute atomic E-state index is 12.1. The van der Waals surface area contributed by atoms with Crippen LogP contribution in [0.2, 0.25) is 0 Å². The third-order valence-corrected chi connectivity index (χ3v) is 5.73. The van der Waals surface area contributed by atoms with Crippen molar-refractivity contribution in [1.82, 2.24) is 15.0 Å². The van der Waals surface area contributed by atoms with Gasteiger partial charge in [-0.3, -0.25) is 0 Å². The van der Waals surface area contributed by atoms with Gasteiger partial charge in [0.15, 0.2) is 0 Å². The van der Waals surface area contributed by atoms with Crippen LogP contribution in [0.5, 0.6) is 0 Å². The van der Waals surface area contributed by atoms with Gasteiger partial charge in [-0.15, -0.1) is 11.3 Å². The lowest BCUT2D eigenvalue weighted by atomic mass is 10.4. The molecule has 2 heterocycles. The van der Waals surface area contributed by atoms with Crippen molar-refractivity contribution in [1.29, 1.82) is 0 Å². The fourth-order valence-corrected chi connectivity index (χ4v) is 4.14. The van der Waals surface area contributed by atoms with E-state index in [1.165, 1.54) is 17.5 Å². The van der Waals surface area contributed by atoms with Crippen LogP contribution in [0.15, 0.2) is 33.1 Å². The molecule has 2 aromatic heterocycles. The van der Waals surface area contributed by atoms with E-state index in [0.717, 1.165) is 21.6 Å². The zero-order chi connectivity index (χ0) is 14.6. The van der Waals surface area contributed by atoms with Gasteiger partial charge in [0.25, 0.3) is 0 Å². The van der Waals surface area contributed by atoms with Gasteiger partial charge < -0.3 is 10.3 Å². The quantitative estimate of drug-likeness (QED) is 0.693. The van der Waals surface area contributed by atoms with Crippen LogP contribution >= 0.6 is 27.3 Å². The summed E-state index contributed by atoms with van der Waals surface area (Å²) in [5.41, 5.74) is 0.853. The average Bonchev–Trinajstić information content (AvgIpc) is 3.03. The molecule has 8 heteroatoms. The van der Waals surface area contributed by atoms with Crippen molar-refractivity contribution in [2.24, 2.45) is 0 Å². The molecule has 0 amide bonds. The summed E-state index contributed by atoms with van der Waals surface area (Å²) < 4.78 is 27.8. The van der Waals surface area contributed by atoms with Gasteiger partial charge in [0.05, 0.1) is 4.90 Å². The molecular weight excluding hydrogens is 362 g/mol. The van der Waals surface area contributed by atoms with Gasteiger partial charge in [-0.2, -0.15) is 0 Å². The number of hydrogen-bond acceptors (Lipinski definition) is 4. The predicted molar refractivity (Wildman–Crippen MR) is 84.2 cm³/mol. The summed E-state index contributed by atoms with van der Waals surface area (Å²) in [4.78, 5) is 4.19. The van der Waals surface area contributed by atoms with Crippen LogP contribution in [0.1, 0.15) is 17.5 Å². The van der Waals surface area contributed by atoms with Crippen molar-refractivity contribution in [3.8, 4) is 0 Å². The number of thiophene rings is 1. The molecule has 0 saturated carbocycles. The van der Waals surface area contributed by atoms with Crippen molar-refractivity contribution >= 4 is 37.3 Å². The third kappa shape index (κ3) is 4.16. The highest BCUT2D eigenvalue weighted by Gasteiger charge is 2.16. The maximum atomic E-state index is 12.1. The second-order valence-corrected chi connectivity index (χ2v) is 7.88. The number of H-pyrrole nitrogens is 1. The van der Waals surface area contributed by atoms with Crippen molar-refractivity contribution in [3.63, 3.8) is 0 Å². The zero-order valence-electron chi connectivity index (χ0n) is 10.9. The molecule has 0 atom stereocenters. The number of halogens is 1. The standard InChI is InChI=1S/C12H16BrN3O2S2/c1-2-14-5-10-4-12(7-15-10)20(17,18)16-6-11-3-9(13)8-19-11/h3-4,7-8,14-16H,2,5-6H2,1H3. The van der Waals surface area contributed by atoms with Crippen molar-refractivity contribution in [2.45, 2.75) is 24.9 Å². The number of nitrogens with one attached hydrogen (secondary N) is 3. The fourth-order valence-electron chi connectivity index (χ4n) is 1.63. The molecule has 5 nitrogen and oxygen atoms in total. The fraction of sp³-hybridized carbons (Fsp3) is 0.333. The second-order valence-electron chi connectivity index (χ2n) is 4.20. The molecule has 0 spiro atoms. The number of rotatable bonds is 7. The minimum Gasteiger partial charge on any atom is -0.363 e. The van der Waals surface area contributed by atoms with E-state index in [1.807, 2.05) is 18.4 Å². The van der Waals surface area contributed by atoms with E-state index in [4.69, 9.17) is 0 Å².